The smallest absolute Gasteiger partial charge is 0.0595 e. The molecule has 106 valence electrons. The van der Waals surface area contributed by atoms with E-state index in [-0.39, 0.29) is 6.04 Å². The predicted octanol–water partition coefficient (Wildman–Crippen LogP) is 4.26. The Morgan fingerprint density at radius 3 is 2.58 bits per heavy atom. The van der Waals surface area contributed by atoms with Crippen LogP contribution >= 0.6 is 23.2 Å². The van der Waals surface area contributed by atoms with E-state index in [0.717, 1.165) is 6.54 Å². The summed E-state index contributed by atoms with van der Waals surface area (Å²) in [6, 6.07) is 6.84. The van der Waals surface area contributed by atoms with Crippen molar-refractivity contribution in [2.45, 2.75) is 44.7 Å². The van der Waals surface area contributed by atoms with Crippen molar-refractivity contribution in [1.29, 1.82) is 0 Å². The van der Waals surface area contributed by atoms with Gasteiger partial charge < -0.3 is 5.73 Å². The molecule has 1 aromatic rings. The topological polar surface area (TPSA) is 29.3 Å². The Morgan fingerprint density at radius 1 is 1.32 bits per heavy atom. The average Bonchev–Trinajstić information content (AvgIpc) is 3.22. The monoisotopic (exact) mass is 300 g/mol. The summed E-state index contributed by atoms with van der Waals surface area (Å²) in [4.78, 5) is 2.54. The lowest BCUT2D eigenvalue weighted by atomic mass is 10.0. The molecule has 0 amide bonds. The molecule has 0 aromatic heterocycles. The number of nitrogens with two attached hydrogens (primary N) is 1. The predicted molar refractivity (Wildman–Crippen MR) is 82.9 cm³/mol. The van der Waals surface area contributed by atoms with Gasteiger partial charge in [-0.25, -0.2) is 0 Å². The van der Waals surface area contributed by atoms with E-state index in [1.807, 2.05) is 18.2 Å². The van der Waals surface area contributed by atoms with Gasteiger partial charge in [-0.3, -0.25) is 4.90 Å². The Balaban J connectivity index is 2.17. The minimum Gasteiger partial charge on any atom is -0.329 e. The van der Waals surface area contributed by atoms with E-state index in [0.29, 0.717) is 22.6 Å². The number of halogens is 2. The fourth-order valence-corrected chi connectivity index (χ4v) is 2.83. The molecule has 2 N–H and O–H groups in total. The van der Waals surface area contributed by atoms with Crippen LogP contribution in [0.2, 0.25) is 10.0 Å². The number of nitrogens with zero attached hydrogens (tertiary/aromatic N) is 1. The third-order valence-corrected chi connectivity index (χ3v) is 4.48. The summed E-state index contributed by atoms with van der Waals surface area (Å²) in [6.07, 6.45) is 5.01. The van der Waals surface area contributed by atoms with Crippen LogP contribution in [0.15, 0.2) is 18.2 Å². The highest BCUT2D eigenvalue weighted by atomic mass is 35.5. The largest absolute Gasteiger partial charge is 0.329 e. The van der Waals surface area contributed by atoms with Crippen molar-refractivity contribution in [1.82, 2.24) is 4.90 Å². The molecule has 0 heterocycles. The maximum Gasteiger partial charge on any atom is 0.0595 e. The van der Waals surface area contributed by atoms with E-state index in [9.17, 15) is 0 Å². The zero-order chi connectivity index (χ0) is 13.8. The van der Waals surface area contributed by atoms with Crippen molar-refractivity contribution in [3.05, 3.63) is 33.8 Å². The van der Waals surface area contributed by atoms with Gasteiger partial charge >= 0.3 is 0 Å². The maximum atomic E-state index is 6.13. The van der Waals surface area contributed by atoms with E-state index in [1.165, 1.54) is 31.2 Å². The molecule has 1 aliphatic carbocycles. The van der Waals surface area contributed by atoms with Gasteiger partial charge in [0.05, 0.1) is 10.0 Å². The van der Waals surface area contributed by atoms with Crippen LogP contribution < -0.4 is 5.73 Å². The number of rotatable bonds is 7. The molecule has 1 aliphatic rings. The summed E-state index contributed by atoms with van der Waals surface area (Å²) in [5.41, 5.74) is 7.19. The van der Waals surface area contributed by atoms with Crippen molar-refractivity contribution < 1.29 is 0 Å². The van der Waals surface area contributed by atoms with Crippen LogP contribution in [0.25, 0.3) is 0 Å². The molecular formula is C15H22Cl2N2. The van der Waals surface area contributed by atoms with Crippen molar-refractivity contribution >= 4 is 23.2 Å². The van der Waals surface area contributed by atoms with Crippen molar-refractivity contribution in [2.24, 2.45) is 5.73 Å². The molecule has 2 rings (SSSR count). The number of hydrogen-bond acceptors (Lipinski definition) is 2. The summed E-state index contributed by atoms with van der Waals surface area (Å²) in [7, 11) is 0. The second kappa shape index (κ2) is 6.94. The minimum atomic E-state index is 0.258. The van der Waals surface area contributed by atoms with Crippen molar-refractivity contribution in [2.75, 3.05) is 13.1 Å². The van der Waals surface area contributed by atoms with Gasteiger partial charge in [0.1, 0.15) is 0 Å². The van der Waals surface area contributed by atoms with Gasteiger partial charge in [-0.05, 0) is 43.5 Å². The molecule has 0 aliphatic heterocycles. The first-order valence-electron chi connectivity index (χ1n) is 7.08. The van der Waals surface area contributed by atoms with Gasteiger partial charge in [0.2, 0.25) is 0 Å². The normalized spacial score (nSPS) is 16.9. The zero-order valence-electron chi connectivity index (χ0n) is 11.4. The van der Waals surface area contributed by atoms with Gasteiger partial charge in [-0.15, -0.1) is 0 Å². The highest BCUT2D eigenvalue weighted by Gasteiger charge is 2.33. The number of benzene rings is 1. The molecule has 0 bridgehead atoms. The third kappa shape index (κ3) is 3.85. The van der Waals surface area contributed by atoms with Crippen molar-refractivity contribution in [3.8, 4) is 0 Å². The standard InChI is InChI=1S/C15H22Cl2N2/c1-2-3-8-19(12-5-6-12)15(10-18)11-4-7-13(16)14(17)9-11/h4,7,9,12,15H,2-3,5-6,8,10,18H2,1H3. The zero-order valence-corrected chi connectivity index (χ0v) is 12.9. The second-order valence-electron chi connectivity index (χ2n) is 5.25. The van der Waals surface area contributed by atoms with Crippen LogP contribution in [0, 0.1) is 0 Å². The Hall–Kier alpha value is -0.280. The summed E-state index contributed by atoms with van der Waals surface area (Å²) in [5, 5.41) is 1.22. The molecule has 2 nitrogen and oxygen atoms in total. The molecule has 1 unspecified atom stereocenters. The molecule has 0 saturated heterocycles. The summed E-state index contributed by atoms with van der Waals surface area (Å²) in [5.74, 6) is 0. The molecule has 1 saturated carbocycles. The van der Waals surface area contributed by atoms with Crippen LogP contribution in [0.5, 0.6) is 0 Å². The van der Waals surface area contributed by atoms with E-state index in [4.69, 9.17) is 28.9 Å². The second-order valence-corrected chi connectivity index (χ2v) is 6.06. The highest BCUT2D eigenvalue weighted by Crippen LogP contribution is 2.35. The first-order chi connectivity index (χ1) is 9.17. The van der Waals surface area contributed by atoms with Crippen LogP contribution in [-0.2, 0) is 0 Å². The molecule has 0 spiro atoms. The fourth-order valence-electron chi connectivity index (χ4n) is 2.52. The summed E-state index contributed by atoms with van der Waals surface area (Å²) in [6.45, 7) is 3.96. The molecule has 1 atom stereocenters. The summed E-state index contributed by atoms with van der Waals surface area (Å²) >= 11 is 12.1. The molecule has 4 heteroatoms. The molecule has 1 aromatic carbocycles. The van der Waals surface area contributed by atoms with Gasteiger partial charge in [0, 0.05) is 18.6 Å². The van der Waals surface area contributed by atoms with Crippen LogP contribution in [0.3, 0.4) is 0 Å². The fraction of sp³-hybridized carbons (Fsp3) is 0.600. The number of unbranched alkanes of at least 4 members (excludes halogenated alkanes) is 1. The SMILES string of the molecule is CCCCN(C1CC1)C(CN)c1ccc(Cl)c(Cl)c1. The van der Waals surface area contributed by atoms with E-state index < -0.39 is 0 Å². The molecule has 1 fully saturated rings. The Labute approximate surface area is 125 Å². The first-order valence-corrected chi connectivity index (χ1v) is 7.83. The maximum absolute atomic E-state index is 6.13. The van der Waals surface area contributed by atoms with E-state index in [1.54, 1.807) is 0 Å². The molecular weight excluding hydrogens is 279 g/mol. The lowest BCUT2D eigenvalue weighted by Gasteiger charge is -2.31. The van der Waals surface area contributed by atoms with E-state index >= 15 is 0 Å². The third-order valence-electron chi connectivity index (χ3n) is 3.74. The Kier molecular flexibility index (Phi) is 5.52. The summed E-state index contributed by atoms with van der Waals surface area (Å²) < 4.78 is 0. The quantitative estimate of drug-likeness (QED) is 0.815. The Bertz CT molecular complexity index is 419. The van der Waals surface area contributed by atoms with Gasteiger partial charge in [0.15, 0.2) is 0 Å². The highest BCUT2D eigenvalue weighted by molar-refractivity contribution is 6.42. The van der Waals surface area contributed by atoms with Gasteiger partial charge in [-0.2, -0.15) is 0 Å². The van der Waals surface area contributed by atoms with Crippen LogP contribution in [-0.4, -0.2) is 24.0 Å². The van der Waals surface area contributed by atoms with Gasteiger partial charge in [-0.1, -0.05) is 42.6 Å². The van der Waals surface area contributed by atoms with Crippen LogP contribution in [0.1, 0.15) is 44.2 Å². The lowest BCUT2D eigenvalue weighted by Crippen LogP contribution is -2.36. The first kappa shape index (κ1) is 15.1. The average molecular weight is 301 g/mol. The lowest BCUT2D eigenvalue weighted by molar-refractivity contribution is 0.188. The van der Waals surface area contributed by atoms with E-state index in [2.05, 4.69) is 11.8 Å². The van der Waals surface area contributed by atoms with Crippen LogP contribution in [0.4, 0.5) is 0 Å². The minimum absolute atomic E-state index is 0.258. The van der Waals surface area contributed by atoms with Gasteiger partial charge in [0.25, 0.3) is 0 Å². The molecule has 0 radical (unpaired) electrons. The van der Waals surface area contributed by atoms with Crippen molar-refractivity contribution in [3.63, 3.8) is 0 Å². The Morgan fingerprint density at radius 2 is 2.05 bits per heavy atom. The molecule has 19 heavy (non-hydrogen) atoms. The number of hydrogen-bond donors (Lipinski definition) is 1.